The van der Waals surface area contributed by atoms with Gasteiger partial charge in [0.05, 0.1) is 0 Å². The van der Waals surface area contributed by atoms with Crippen LogP contribution in [0.4, 0.5) is 5.69 Å². The highest BCUT2D eigenvalue weighted by atomic mass is 16.2. The zero-order chi connectivity index (χ0) is 17.8. The summed E-state index contributed by atoms with van der Waals surface area (Å²) in [5.41, 5.74) is 2.01. The molecule has 0 bridgehead atoms. The first-order chi connectivity index (χ1) is 12.1. The van der Waals surface area contributed by atoms with E-state index in [4.69, 9.17) is 0 Å². The Hall–Kier alpha value is -1.55. The first kappa shape index (κ1) is 18.2. The second-order valence-corrected chi connectivity index (χ2v) is 7.69. The number of amides is 1. The van der Waals surface area contributed by atoms with E-state index in [9.17, 15) is 4.79 Å². The van der Waals surface area contributed by atoms with Crippen molar-refractivity contribution in [3.8, 4) is 0 Å². The third kappa shape index (κ3) is 4.17. The second kappa shape index (κ2) is 8.22. The number of rotatable bonds is 5. The monoisotopic (exact) mass is 343 g/mol. The molecule has 0 N–H and O–H groups in total. The highest BCUT2D eigenvalue weighted by Crippen LogP contribution is 2.25. The third-order valence-electron chi connectivity index (χ3n) is 5.85. The van der Waals surface area contributed by atoms with Gasteiger partial charge in [0, 0.05) is 56.1 Å². The summed E-state index contributed by atoms with van der Waals surface area (Å²) in [6.45, 7) is 11.3. The van der Waals surface area contributed by atoms with Crippen molar-refractivity contribution in [1.82, 2.24) is 9.80 Å². The molecule has 0 spiro atoms. The Morgan fingerprint density at radius 1 is 1.08 bits per heavy atom. The smallest absolute Gasteiger partial charge is 0.253 e. The van der Waals surface area contributed by atoms with E-state index in [0.29, 0.717) is 6.04 Å². The fourth-order valence-corrected chi connectivity index (χ4v) is 4.38. The lowest BCUT2D eigenvalue weighted by atomic mass is 10.1. The highest BCUT2D eigenvalue weighted by molar-refractivity contribution is 5.94. The van der Waals surface area contributed by atoms with Crippen molar-refractivity contribution in [2.24, 2.45) is 0 Å². The molecule has 0 aromatic heterocycles. The van der Waals surface area contributed by atoms with Gasteiger partial charge in [0.1, 0.15) is 0 Å². The lowest BCUT2D eigenvalue weighted by molar-refractivity contribution is 0.0573. The zero-order valence-corrected chi connectivity index (χ0v) is 16.1. The van der Waals surface area contributed by atoms with Crippen LogP contribution in [-0.2, 0) is 0 Å². The van der Waals surface area contributed by atoms with Gasteiger partial charge in [-0.3, -0.25) is 9.69 Å². The molecular weight excluding hydrogens is 310 g/mol. The molecule has 1 saturated heterocycles. The van der Waals surface area contributed by atoms with Crippen LogP contribution in [0.5, 0.6) is 0 Å². The number of hydrogen-bond donors (Lipinski definition) is 0. The van der Waals surface area contributed by atoms with Gasteiger partial charge in [-0.1, -0.05) is 12.8 Å². The minimum absolute atomic E-state index is 0.185. The van der Waals surface area contributed by atoms with E-state index in [1.807, 2.05) is 17.0 Å². The molecule has 25 heavy (non-hydrogen) atoms. The predicted octanol–water partition coefficient (Wildman–Crippen LogP) is 3.62. The summed E-state index contributed by atoms with van der Waals surface area (Å²) >= 11 is 0. The lowest BCUT2D eigenvalue weighted by Gasteiger charge is -2.38. The maximum atomic E-state index is 12.8. The summed E-state index contributed by atoms with van der Waals surface area (Å²) in [7, 11) is 0. The van der Waals surface area contributed by atoms with Crippen molar-refractivity contribution < 1.29 is 4.79 Å². The van der Waals surface area contributed by atoms with Crippen LogP contribution in [0.25, 0.3) is 0 Å². The predicted molar refractivity (Wildman–Crippen MR) is 104 cm³/mol. The fraction of sp³-hybridized carbons (Fsp3) is 0.667. The molecule has 2 fully saturated rings. The first-order valence-corrected chi connectivity index (χ1v) is 10.00. The quantitative estimate of drug-likeness (QED) is 0.817. The van der Waals surface area contributed by atoms with Crippen LogP contribution in [0.3, 0.4) is 0 Å². The zero-order valence-electron chi connectivity index (χ0n) is 16.1. The third-order valence-corrected chi connectivity index (χ3v) is 5.85. The van der Waals surface area contributed by atoms with Gasteiger partial charge in [0.2, 0.25) is 0 Å². The Bertz CT molecular complexity index is 555. The molecule has 1 saturated carbocycles. The molecule has 1 amide bonds. The van der Waals surface area contributed by atoms with Gasteiger partial charge in [-0.2, -0.15) is 0 Å². The van der Waals surface area contributed by atoms with Crippen molar-refractivity contribution in [2.45, 2.75) is 58.5 Å². The first-order valence-electron chi connectivity index (χ1n) is 10.00. The number of nitrogens with zero attached hydrogens (tertiary/aromatic N) is 3. The van der Waals surface area contributed by atoms with Crippen molar-refractivity contribution >= 4 is 11.6 Å². The number of piperazine rings is 1. The Morgan fingerprint density at radius 3 is 2.20 bits per heavy atom. The molecule has 1 aromatic carbocycles. The van der Waals surface area contributed by atoms with E-state index in [-0.39, 0.29) is 5.91 Å². The van der Waals surface area contributed by atoms with Gasteiger partial charge >= 0.3 is 0 Å². The van der Waals surface area contributed by atoms with Crippen molar-refractivity contribution in [1.29, 1.82) is 0 Å². The van der Waals surface area contributed by atoms with E-state index < -0.39 is 0 Å². The minimum Gasteiger partial charge on any atom is -0.369 e. The number of carbonyl (C=O) groups is 1. The van der Waals surface area contributed by atoms with Gasteiger partial charge < -0.3 is 9.80 Å². The molecule has 0 atom stereocenters. The number of benzene rings is 1. The van der Waals surface area contributed by atoms with E-state index in [1.54, 1.807) is 0 Å². The SMILES string of the molecule is CCN(c1ccc(C(=O)N2CCN(C3CCCC3)CC2)cc1)C(C)C. The maximum Gasteiger partial charge on any atom is 0.253 e. The van der Waals surface area contributed by atoms with Crippen molar-refractivity contribution in [3.63, 3.8) is 0 Å². The molecule has 138 valence electrons. The topological polar surface area (TPSA) is 26.8 Å². The number of carbonyl (C=O) groups excluding carboxylic acids is 1. The molecule has 1 aromatic rings. The molecule has 4 heteroatoms. The summed E-state index contributed by atoms with van der Waals surface area (Å²) in [5.74, 6) is 0.185. The molecule has 1 aliphatic heterocycles. The molecule has 3 rings (SSSR count). The molecule has 1 heterocycles. The van der Waals surface area contributed by atoms with E-state index >= 15 is 0 Å². The average Bonchev–Trinajstić information content (AvgIpc) is 3.17. The van der Waals surface area contributed by atoms with E-state index in [0.717, 1.165) is 44.3 Å². The van der Waals surface area contributed by atoms with Crippen LogP contribution >= 0.6 is 0 Å². The summed E-state index contributed by atoms with van der Waals surface area (Å²) in [6.07, 6.45) is 5.45. The maximum absolute atomic E-state index is 12.8. The van der Waals surface area contributed by atoms with Crippen molar-refractivity contribution in [3.05, 3.63) is 29.8 Å². The highest BCUT2D eigenvalue weighted by Gasteiger charge is 2.28. The molecule has 1 aliphatic carbocycles. The van der Waals surface area contributed by atoms with Gasteiger partial charge in [0.25, 0.3) is 5.91 Å². The number of anilines is 1. The van der Waals surface area contributed by atoms with Gasteiger partial charge in [0.15, 0.2) is 0 Å². The molecule has 2 aliphatic rings. The van der Waals surface area contributed by atoms with Crippen LogP contribution < -0.4 is 4.90 Å². The molecule has 0 unspecified atom stereocenters. The molecular formula is C21H33N3O. The van der Waals surface area contributed by atoms with Crippen LogP contribution in [0.2, 0.25) is 0 Å². The summed E-state index contributed by atoms with van der Waals surface area (Å²) in [6, 6.07) is 9.40. The van der Waals surface area contributed by atoms with Crippen LogP contribution in [0.15, 0.2) is 24.3 Å². The molecule has 0 radical (unpaired) electrons. The summed E-state index contributed by atoms with van der Waals surface area (Å²) in [4.78, 5) is 19.8. The minimum atomic E-state index is 0.185. The fourth-order valence-electron chi connectivity index (χ4n) is 4.38. The van der Waals surface area contributed by atoms with Gasteiger partial charge in [-0.15, -0.1) is 0 Å². The van der Waals surface area contributed by atoms with E-state index in [1.165, 1.54) is 31.4 Å². The lowest BCUT2D eigenvalue weighted by Crippen LogP contribution is -2.51. The van der Waals surface area contributed by atoms with Crippen LogP contribution in [-0.4, -0.2) is 60.5 Å². The summed E-state index contributed by atoms with van der Waals surface area (Å²) < 4.78 is 0. The summed E-state index contributed by atoms with van der Waals surface area (Å²) in [5, 5.41) is 0. The average molecular weight is 344 g/mol. The normalized spacial score (nSPS) is 19.6. The Kier molecular flexibility index (Phi) is 6.00. The molecule has 4 nitrogen and oxygen atoms in total. The largest absolute Gasteiger partial charge is 0.369 e. The van der Waals surface area contributed by atoms with Gasteiger partial charge in [-0.25, -0.2) is 0 Å². The second-order valence-electron chi connectivity index (χ2n) is 7.69. The Labute approximate surface area is 152 Å². The van der Waals surface area contributed by atoms with Crippen LogP contribution in [0.1, 0.15) is 56.8 Å². The number of hydrogen-bond acceptors (Lipinski definition) is 3. The van der Waals surface area contributed by atoms with Crippen LogP contribution in [0, 0.1) is 0 Å². The Morgan fingerprint density at radius 2 is 1.68 bits per heavy atom. The van der Waals surface area contributed by atoms with Gasteiger partial charge in [-0.05, 0) is 57.9 Å². The van der Waals surface area contributed by atoms with Crippen molar-refractivity contribution in [2.75, 3.05) is 37.6 Å². The van der Waals surface area contributed by atoms with E-state index in [2.05, 4.69) is 42.7 Å². The Balaban J connectivity index is 1.58. The standard InChI is InChI=1S/C21H33N3O/c1-4-24(17(2)3)20-11-9-18(10-12-20)21(25)23-15-13-22(14-16-23)19-7-5-6-8-19/h9-12,17,19H,4-8,13-16H2,1-3H3.